The Kier molecular flexibility index (Phi) is 7.94. The molecule has 162 valence electrons. The number of hydrogen-bond acceptors (Lipinski definition) is 5. The van der Waals surface area contributed by atoms with Gasteiger partial charge in [-0.05, 0) is 49.8 Å². The lowest BCUT2D eigenvalue weighted by Gasteiger charge is -2.34. The summed E-state index contributed by atoms with van der Waals surface area (Å²) >= 11 is 0. The van der Waals surface area contributed by atoms with Gasteiger partial charge in [-0.3, -0.25) is 4.98 Å². The Morgan fingerprint density at radius 2 is 1.17 bits per heavy atom. The first-order valence-electron chi connectivity index (χ1n) is 12.2. The van der Waals surface area contributed by atoms with Gasteiger partial charge in [0, 0.05) is 50.3 Å². The van der Waals surface area contributed by atoms with Gasteiger partial charge in [0.25, 0.3) is 0 Å². The van der Waals surface area contributed by atoms with Crippen LogP contribution in [0, 0.1) is 0 Å². The summed E-state index contributed by atoms with van der Waals surface area (Å²) in [5.41, 5.74) is 3.87. The zero-order valence-electron chi connectivity index (χ0n) is 18.3. The minimum atomic E-state index is 0.564. The molecule has 0 radical (unpaired) electrons. The van der Waals surface area contributed by atoms with Gasteiger partial charge in [-0.1, -0.05) is 39.0 Å². The average molecular weight is 400 g/mol. The molecule has 5 heteroatoms. The molecule has 1 aliphatic heterocycles. The maximum Gasteiger partial charge on any atom is 0.0548 e. The van der Waals surface area contributed by atoms with Gasteiger partial charge in [-0.2, -0.15) is 0 Å². The Balaban J connectivity index is 1.53. The van der Waals surface area contributed by atoms with Gasteiger partial charge in [-0.25, -0.2) is 0 Å². The van der Waals surface area contributed by atoms with E-state index in [1.807, 2.05) is 0 Å². The van der Waals surface area contributed by atoms with Gasteiger partial charge in [0.05, 0.1) is 11.4 Å². The lowest BCUT2D eigenvalue weighted by molar-refractivity contribution is 0.266. The van der Waals surface area contributed by atoms with Crippen molar-refractivity contribution in [3.8, 4) is 0 Å². The highest BCUT2D eigenvalue weighted by atomic mass is 15.1. The summed E-state index contributed by atoms with van der Waals surface area (Å²) in [6.45, 7) is 6.18. The third kappa shape index (κ3) is 6.00. The monoisotopic (exact) mass is 399 g/mol. The van der Waals surface area contributed by atoms with E-state index in [1.54, 1.807) is 0 Å². The first kappa shape index (κ1) is 21.2. The molecule has 0 aromatic carbocycles. The molecule has 2 saturated carbocycles. The van der Waals surface area contributed by atoms with Crippen LogP contribution in [0.1, 0.15) is 81.7 Å². The second-order valence-electron chi connectivity index (χ2n) is 9.37. The SMILES string of the molecule is CCCc1cc2nc(c1)CN[C@@H]1CCCCC1NCCNC1CCCCC1NC2. The predicted octanol–water partition coefficient (Wildman–Crippen LogP) is 3.03. The van der Waals surface area contributed by atoms with E-state index in [0.717, 1.165) is 32.6 Å². The lowest BCUT2D eigenvalue weighted by Crippen LogP contribution is -2.53. The Labute approximate surface area is 177 Å². The van der Waals surface area contributed by atoms with Crippen LogP contribution >= 0.6 is 0 Å². The summed E-state index contributed by atoms with van der Waals surface area (Å²) in [5, 5.41) is 15.4. The maximum atomic E-state index is 5.04. The van der Waals surface area contributed by atoms with Crippen LogP contribution in [0.2, 0.25) is 0 Å². The maximum absolute atomic E-state index is 5.04. The molecule has 29 heavy (non-hydrogen) atoms. The second-order valence-corrected chi connectivity index (χ2v) is 9.37. The van der Waals surface area contributed by atoms with Gasteiger partial charge in [-0.15, -0.1) is 0 Å². The fraction of sp³-hybridized carbons (Fsp3) is 0.792. The predicted molar refractivity (Wildman–Crippen MR) is 120 cm³/mol. The van der Waals surface area contributed by atoms with E-state index >= 15 is 0 Å². The highest BCUT2D eigenvalue weighted by Crippen LogP contribution is 2.21. The van der Waals surface area contributed by atoms with Crippen LogP contribution in [0.4, 0.5) is 0 Å². The molecular formula is C24H41N5. The highest BCUT2D eigenvalue weighted by Gasteiger charge is 2.26. The summed E-state index contributed by atoms with van der Waals surface area (Å²) < 4.78 is 0. The van der Waals surface area contributed by atoms with E-state index < -0.39 is 0 Å². The molecule has 2 aliphatic carbocycles. The summed E-state index contributed by atoms with van der Waals surface area (Å²) in [6.07, 6.45) is 12.9. The summed E-state index contributed by atoms with van der Waals surface area (Å²) in [5.74, 6) is 0. The molecule has 2 heterocycles. The normalized spacial score (nSPS) is 31.8. The first-order valence-corrected chi connectivity index (χ1v) is 12.2. The molecule has 0 amide bonds. The van der Waals surface area contributed by atoms with Crippen LogP contribution in [-0.2, 0) is 19.5 Å². The van der Waals surface area contributed by atoms with Gasteiger partial charge < -0.3 is 21.3 Å². The minimum absolute atomic E-state index is 0.564. The van der Waals surface area contributed by atoms with Crippen LogP contribution in [0.25, 0.3) is 0 Å². The molecule has 0 spiro atoms. The summed E-state index contributed by atoms with van der Waals surface area (Å²) in [7, 11) is 0. The Morgan fingerprint density at radius 3 is 1.62 bits per heavy atom. The van der Waals surface area contributed by atoms with Crippen LogP contribution < -0.4 is 21.3 Å². The fourth-order valence-electron chi connectivity index (χ4n) is 5.56. The van der Waals surface area contributed by atoms with Crippen molar-refractivity contribution in [2.45, 2.75) is 108 Å². The smallest absolute Gasteiger partial charge is 0.0548 e. The second kappa shape index (κ2) is 10.9. The van der Waals surface area contributed by atoms with Gasteiger partial charge in [0.2, 0.25) is 0 Å². The minimum Gasteiger partial charge on any atom is -0.311 e. The van der Waals surface area contributed by atoms with Gasteiger partial charge >= 0.3 is 0 Å². The molecule has 3 unspecified atom stereocenters. The first-order chi connectivity index (χ1) is 14.3. The van der Waals surface area contributed by atoms with E-state index in [2.05, 4.69) is 40.3 Å². The zero-order valence-corrected chi connectivity index (χ0v) is 18.3. The topological polar surface area (TPSA) is 61.0 Å². The molecule has 0 saturated heterocycles. The molecule has 5 nitrogen and oxygen atoms in total. The van der Waals surface area contributed by atoms with Gasteiger partial charge in [0.1, 0.15) is 0 Å². The van der Waals surface area contributed by atoms with Crippen molar-refractivity contribution in [1.29, 1.82) is 0 Å². The van der Waals surface area contributed by atoms with E-state index in [4.69, 9.17) is 4.98 Å². The largest absolute Gasteiger partial charge is 0.311 e. The Bertz CT molecular complexity index is 585. The van der Waals surface area contributed by atoms with Crippen molar-refractivity contribution in [2.75, 3.05) is 13.1 Å². The highest BCUT2D eigenvalue weighted by molar-refractivity contribution is 5.22. The Morgan fingerprint density at radius 1 is 0.724 bits per heavy atom. The molecule has 4 rings (SSSR count). The third-order valence-electron chi connectivity index (χ3n) is 7.09. The zero-order chi connectivity index (χ0) is 19.9. The van der Waals surface area contributed by atoms with E-state index in [-0.39, 0.29) is 0 Å². The van der Waals surface area contributed by atoms with E-state index in [9.17, 15) is 0 Å². The van der Waals surface area contributed by atoms with Crippen LogP contribution in [0.5, 0.6) is 0 Å². The van der Waals surface area contributed by atoms with Crippen molar-refractivity contribution >= 4 is 0 Å². The molecule has 1 aromatic heterocycles. The van der Waals surface area contributed by atoms with Crippen molar-refractivity contribution < 1.29 is 0 Å². The van der Waals surface area contributed by atoms with E-state index in [0.29, 0.717) is 24.2 Å². The van der Waals surface area contributed by atoms with Crippen molar-refractivity contribution in [1.82, 2.24) is 26.3 Å². The quantitative estimate of drug-likeness (QED) is 0.616. The number of aromatic nitrogens is 1. The molecule has 2 fully saturated rings. The fourth-order valence-corrected chi connectivity index (χ4v) is 5.56. The number of hydrogen-bond donors (Lipinski definition) is 4. The molecular weight excluding hydrogens is 358 g/mol. The van der Waals surface area contributed by atoms with E-state index in [1.165, 1.54) is 74.7 Å². The van der Waals surface area contributed by atoms with Crippen LogP contribution in [0.15, 0.2) is 12.1 Å². The van der Waals surface area contributed by atoms with Crippen LogP contribution in [-0.4, -0.2) is 42.2 Å². The Hall–Kier alpha value is -1.01. The average Bonchev–Trinajstić information content (AvgIpc) is 2.75. The lowest BCUT2D eigenvalue weighted by atomic mass is 9.89. The van der Waals surface area contributed by atoms with Crippen molar-refractivity contribution in [3.63, 3.8) is 0 Å². The summed E-state index contributed by atoms with van der Waals surface area (Å²) in [4.78, 5) is 5.04. The molecule has 4 atom stereocenters. The number of pyridine rings is 1. The van der Waals surface area contributed by atoms with Gasteiger partial charge in [0.15, 0.2) is 0 Å². The van der Waals surface area contributed by atoms with Crippen LogP contribution in [0.3, 0.4) is 0 Å². The van der Waals surface area contributed by atoms with Crippen molar-refractivity contribution in [2.24, 2.45) is 0 Å². The van der Waals surface area contributed by atoms with Crippen molar-refractivity contribution in [3.05, 3.63) is 29.1 Å². The number of nitrogens with one attached hydrogen (secondary N) is 4. The molecule has 3 aliphatic rings. The standard InChI is InChI=1S/C24H41N5/c1-2-7-18-14-19-16-27-23-10-5-3-8-21(23)25-12-13-26-22-9-4-6-11-24(22)28-17-20(15-18)29-19/h14-15,21-28H,2-13,16-17H2,1H3/t21?,22?,23-,24?/m1/s1. The molecule has 4 N–H and O–H groups in total. The number of nitrogens with zero attached hydrogens (tertiary/aromatic N) is 1. The number of fused-ring (bicyclic) bond motifs is 4. The third-order valence-corrected chi connectivity index (χ3v) is 7.09. The number of rotatable bonds is 2. The number of aryl methyl sites for hydroxylation is 1. The summed E-state index contributed by atoms with van der Waals surface area (Å²) in [6, 6.07) is 6.97. The molecule has 2 bridgehead atoms. The molecule has 1 aromatic rings.